The van der Waals surface area contributed by atoms with Crippen molar-refractivity contribution in [2.24, 2.45) is 0 Å². The minimum Gasteiger partial charge on any atom is -0.340 e. The fraction of sp³-hybridized carbons (Fsp3) is 0.833. The standard InChI is InChI=1S/C12H22N4O3S/c1-10-13-12(14-19-10)9-15(2)11-4-5-16(8-11)6-7-20(3,17)18/h11H,4-9H2,1-3H3. The number of hydrogen-bond donors (Lipinski definition) is 0. The predicted molar refractivity (Wildman–Crippen MR) is 75.1 cm³/mol. The van der Waals surface area contributed by atoms with Gasteiger partial charge in [-0.2, -0.15) is 4.98 Å². The second-order valence-corrected chi connectivity index (χ2v) is 7.78. The van der Waals surface area contributed by atoms with Crippen molar-refractivity contribution in [1.82, 2.24) is 19.9 Å². The van der Waals surface area contributed by atoms with E-state index in [0.717, 1.165) is 19.5 Å². The van der Waals surface area contributed by atoms with E-state index in [9.17, 15) is 8.42 Å². The number of rotatable bonds is 6. The minimum atomic E-state index is -2.88. The molecular weight excluding hydrogens is 280 g/mol. The van der Waals surface area contributed by atoms with E-state index in [1.807, 2.05) is 7.05 Å². The van der Waals surface area contributed by atoms with E-state index < -0.39 is 9.84 Å². The van der Waals surface area contributed by atoms with E-state index in [1.165, 1.54) is 6.26 Å². The summed E-state index contributed by atoms with van der Waals surface area (Å²) in [4.78, 5) is 8.59. The Morgan fingerprint density at radius 2 is 2.25 bits per heavy atom. The zero-order valence-corrected chi connectivity index (χ0v) is 13.1. The zero-order valence-electron chi connectivity index (χ0n) is 12.2. The van der Waals surface area contributed by atoms with Crippen molar-refractivity contribution in [2.45, 2.75) is 25.9 Å². The van der Waals surface area contributed by atoms with Crippen LogP contribution in [0.4, 0.5) is 0 Å². The number of likely N-dealkylation sites (tertiary alicyclic amines) is 1. The Bertz CT molecular complexity index is 543. The molecule has 0 spiro atoms. The average molecular weight is 302 g/mol. The smallest absolute Gasteiger partial charge is 0.223 e. The topological polar surface area (TPSA) is 79.5 Å². The van der Waals surface area contributed by atoms with E-state index in [4.69, 9.17) is 4.52 Å². The lowest BCUT2D eigenvalue weighted by Gasteiger charge is -2.23. The van der Waals surface area contributed by atoms with Crippen LogP contribution in [0.2, 0.25) is 0 Å². The van der Waals surface area contributed by atoms with Gasteiger partial charge in [0.25, 0.3) is 0 Å². The molecule has 7 nitrogen and oxygen atoms in total. The molecule has 1 aromatic heterocycles. The Hall–Kier alpha value is -0.990. The molecule has 1 aliphatic rings. The van der Waals surface area contributed by atoms with Gasteiger partial charge in [-0.3, -0.25) is 4.90 Å². The molecule has 20 heavy (non-hydrogen) atoms. The number of nitrogens with zero attached hydrogens (tertiary/aromatic N) is 4. The highest BCUT2D eigenvalue weighted by Crippen LogP contribution is 2.15. The van der Waals surface area contributed by atoms with Gasteiger partial charge in [0.2, 0.25) is 5.89 Å². The lowest BCUT2D eigenvalue weighted by Crippen LogP contribution is -2.35. The van der Waals surface area contributed by atoms with Crippen molar-refractivity contribution in [3.05, 3.63) is 11.7 Å². The molecule has 1 aliphatic heterocycles. The Kier molecular flexibility index (Phi) is 4.77. The lowest BCUT2D eigenvalue weighted by molar-refractivity contribution is 0.220. The molecule has 0 aromatic carbocycles. The summed E-state index contributed by atoms with van der Waals surface area (Å²) in [5.74, 6) is 1.50. The second-order valence-electron chi connectivity index (χ2n) is 5.52. The third kappa shape index (κ3) is 4.53. The monoisotopic (exact) mass is 302 g/mol. The molecule has 0 N–H and O–H groups in total. The number of aromatic nitrogens is 2. The summed E-state index contributed by atoms with van der Waals surface area (Å²) in [6, 6.07) is 0.411. The summed E-state index contributed by atoms with van der Waals surface area (Å²) < 4.78 is 27.3. The fourth-order valence-electron chi connectivity index (χ4n) is 2.43. The van der Waals surface area contributed by atoms with Gasteiger partial charge in [-0.15, -0.1) is 0 Å². The van der Waals surface area contributed by atoms with Gasteiger partial charge in [0.05, 0.1) is 12.3 Å². The first-order valence-electron chi connectivity index (χ1n) is 6.73. The van der Waals surface area contributed by atoms with Crippen LogP contribution in [0.3, 0.4) is 0 Å². The molecular formula is C12H22N4O3S. The molecule has 2 heterocycles. The Labute approximate surface area is 119 Å². The maximum absolute atomic E-state index is 11.2. The third-order valence-electron chi connectivity index (χ3n) is 3.61. The molecule has 1 unspecified atom stereocenters. The van der Waals surface area contributed by atoms with Crippen LogP contribution in [0.1, 0.15) is 18.1 Å². The maximum atomic E-state index is 11.2. The fourth-order valence-corrected chi connectivity index (χ4v) is 3.02. The highest BCUT2D eigenvalue weighted by Gasteiger charge is 2.26. The van der Waals surface area contributed by atoms with Crippen LogP contribution in [-0.2, 0) is 16.4 Å². The molecule has 1 aromatic rings. The molecule has 0 radical (unpaired) electrons. The molecule has 0 saturated carbocycles. The van der Waals surface area contributed by atoms with E-state index in [1.54, 1.807) is 6.92 Å². The van der Waals surface area contributed by atoms with Gasteiger partial charge in [0, 0.05) is 32.3 Å². The van der Waals surface area contributed by atoms with Crippen molar-refractivity contribution in [1.29, 1.82) is 0 Å². The van der Waals surface area contributed by atoms with Crippen LogP contribution in [0.25, 0.3) is 0 Å². The van der Waals surface area contributed by atoms with E-state index in [2.05, 4.69) is 19.9 Å². The summed E-state index contributed by atoms with van der Waals surface area (Å²) in [6.07, 6.45) is 2.32. The first kappa shape index (κ1) is 15.4. The maximum Gasteiger partial charge on any atom is 0.223 e. The molecule has 0 aliphatic carbocycles. The van der Waals surface area contributed by atoms with Gasteiger partial charge in [-0.05, 0) is 20.0 Å². The summed E-state index contributed by atoms with van der Waals surface area (Å²) in [7, 11) is -0.845. The molecule has 1 fully saturated rings. The largest absolute Gasteiger partial charge is 0.340 e. The van der Waals surface area contributed by atoms with Crippen LogP contribution in [0, 0.1) is 6.92 Å². The number of likely N-dealkylation sites (N-methyl/N-ethyl adjacent to an activating group) is 1. The Morgan fingerprint density at radius 1 is 1.50 bits per heavy atom. The molecule has 8 heteroatoms. The van der Waals surface area contributed by atoms with Gasteiger partial charge >= 0.3 is 0 Å². The molecule has 1 atom stereocenters. The summed E-state index contributed by atoms with van der Waals surface area (Å²) in [5, 5.41) is 3.89. The summed E-state index contributed by atoms with van der Waals surface area (Å²) in [6.45, 7) is 4.88. The zero-order chi connectivity index (χ0) is 14.8. The second kappa shape index (κ2) is 6.19. The van der Waals surface area contributed by atoms with E-state index >= 15 is 0 Å². The SMILES string of the molecule is Cc1nc(CN(C)C2CCN(CCS(C)(=O)=O)C2)no1. The molecule has 0 amide bonds. The first-order chi connectivity index (χ1) is 9.33. The molecule has 114 valence electrons. The highest BCUT2D eigenvalue weighted by molar-refractivity contribution is 7.90. The van der Waals surface area contributed by atoms with Crippen molar-refractivity contribution >= 4 is 9.84 Å². The van der Waals surface area contributed by atoms with Crippen LogP contribution in [-0.4, -0.2) is 73.1 Å². The molecule has 2 rings (SSSR count). The van der Waals surface area contributed by atoms with Crippen molar-refractivity contribution < 1.29 is 12.9 Å². The Balaban J connectivity index is 1.80. The van der Waals surface area contributed by atoms with Crippen molar-refractivity contribution in [2.75, 3.05) is 38.7 Å². The van der Waals surface area contributed by atoms with Crippen LogP contribution in [0.15, 0.2) is 4.52 Å². The van der Waals surface area contributed by atoms with Crippen LogP contribution >= 0.6 is 0 Å². The predicted octanol–water partition coefficient (Wildman–Crippen LogP) is -0.0713. The van der Waals surface area contributed by atoms with Gasteiger partial charge in [0.15, 0.2) is 5.82 Å². The molecule has 1 saturated heterocycles. The summed E-state index contributed by atoms with van der Waals surface area (Å²) in [5.41, 5.74) is 0. The molecule has 0 bridgehead atoms. The highest BCUT2D eigenvalue weighted by atomic mass is 32.2. The summed E-state index contributed by atoms with van der Waals surface area (Å²) >= 11 is 0. The van der Waals surface area contributed by atoms with Crippen molar-refractivity contribution in [3.8, 4) is 0 Å². The van der Waals surface area contributed by atoms with Gasteiger partial charge in [0.1, 0.15) is 9.84 Å². The van der Waals surface area contributed by atoms with Gasteiger partial charge in [-0.1, -0.05) is 5.16 Å². The van der Waals surface area contributed by atoms with Crippen LogP contribution in [0.5, 0.6) is 0 Å². The lowest BCUT2D eigenvalue weighted by atomic mass is 10.2. The average Bonchev–Trinajstić information content (AvgIpc) is 2.95. The Morgan fingerprint density at radius 3 is 2.85 bits per heavy atom. The van der Waals surface area contributed by atoms with Crippen LogP contribution < -0.4 is 0 Å². The first-order valence-corrected chi connectivity index (χ1v) is 8.79. The van der Waals surface area contributed by atoms with E-state index in [-0.39, 0.29) is 5.75 Å². The third-order valence-corrected chi connectivity index (χ3v) is 4.53. The van der Waals surface area contributed by atoms with Gasteiger partial charge in [-0.25, -0.2) is 8.42 Å². The normalized spacial score (nSPS) is 20.9. The number of aryl methyl sites for hydroxylation is 1. The number of hydrogen-bond acceptors (Lipinski definition) is 7. The quantitative estimate of drug-likeness (QED) is 0.727. The van der Waals surface area contributed by atoms with Gasteiger partial charge < -0.3 is 9.42 Å². The van der Waals surface area contributed by atoms with E-state index in [0.29, 0.717) is 30.8 Å². The van der Waals surface area contributed by atoms with Crippen molar-refractivity contribution in [3.63, 3.8) is 0 Å². The minimum absolute atomic E-state index is 0.230. The number of sulfone groups is 1.